The molecule has 1 aliphatic rings. The van der Waals surface area contributed by atoms with E-state index in [1.165, 1.54) is 10.4 Å². The van der Waals surface area contributed by atoms with Crippen LogP contribution in [0.5, 0.6) is 0 Å². The highest BCUT2D eigenvalue weighted by Crippen LogP contribution is 2.37. The van der Waals surface area contributed by atoms with Crippen molar-refractivity contribution in [3.8, 4) is 0 Å². The second-order valence-corrected chi connectivity index (χ2v) is 6.28. The van der Waals surface area contributed by atoms with Crippen molar-refractivity contribution in [3.63, 3.8) is 0 Å². The molecular weight excluding hydrogens is 246 g/mol. The lowest BCUT2D eigenvalue weighted by atomic mass is 10.0. The van der Waals surface area contributed by atoms with Crippen LogP contribution in [0.25, 0.3) is 10.2 Å². The molecule has 0 radical (unpaired) electrons. The highest BCUT2D eigenvalue weighted by atomic mass is 32.1. The molecule has 18 heavy (non-hydrogen) atoms. The number of rotatable bonds is 1. The molecule has 1 atom stereocenters. The molecule has 0 aromatic carbocycles. The Bertz CT molecular complexity index is 614. The normalized spacial score (nSPS) is 23.9. The Balaban J connectivity index is 2.21. The summed E-state index contributed by atoms with van der Waals surface area (Å²) in [6.45, 7) is 6.99. The largest absolute Gasteiger partial charge is 0.383 e. The number of nitrogens with zero attached hydrogens (tertiary/aromatic N) is 2. The van der Waals surface area contributed by atoms with Crippen LogP contribution in [0, 0.1) is 13.8 Å². The summed E-state index contributed by atoms with van der Waals surface area (Å²) in [5, 5.41) is 1.00. The van der Waals surface area contributed by atoms with Gasteiger partial charge in [-0.2, -0.15) is 0 Å². The minimum atomic E-state index is -0.367. The summed E-state index contributed by atoms with van der Waals surface area (Å²) in [6.07, 6.45) is 2.02. The maximum atomic E-state index is 6.10. The summed E-state index contributed by atoms with van der Waals surface area (Å²) >= 11 is 1.68. The van der Waals surface area contributed by atoms with E-state index in [0.717, 1.165) is 35.5 Å². The molecule has 0 bridgehead atoms. The Morgan fingerprint density at radius 1 is 1.33 bits per heavy atom. The molecule has 5 heteroatoms. The summed E-state index contributed by atoms with van der Waals surface area (Å²) in [7, 11) is 0. The van der Waals surface area contributed by atoms with Crippen LogP contribution >= 0.6 is 11.3 Å². The van der Waals surface area contributed by atoms with Gasteiger partial charge in [0, 0.05) is 11.5 Å². The van der Waals surface area contributed by atoms with Crippen LogP contribution in [0.3, 0.4) is 0 Å². The molecule has 0 spiro atoms. The van der Waals surface area contributed by atoms with Gasteiger partial charge >= 0.3 is 0 Å². The molecule has 2 aromatic heterocycles. The number of fused-ring (bicyclic) bond motifs is 1. The topological polar surface area (TPSA) is 61.0 Å². The number of nitrogen functional groups attached to an aromatic ring is 1. The minimum absolute atomic E-state index is 0.367. The van der Waals surface area contributed by atoms with E-state index in [4.69, 9.17) is 10.5 Å². The van der Waals surface area contributed by atoms with Crippen molar-refractivity contribution in [1.82, 2.24) is 9.97 Å². The van der Waals surface area contributed by atoms with E-state index >= 15 is 0 Å². The van der Waals surface area contributed by atoms with Crippen molar-refractivity contribution in [1.29, 1.82) is 0 Å². The molecular formula is C13H17N3OS. The number of aromatic nitrogens is 2. The van der Waals surface area contributed by atoms with Crippen molar-refractivity contribution < 1.29 is 4.74 Å². The summed E-state index contributed by atoms with van der Waals surface area (Å²) in [5.41, 5.74) is 6.92. The molecule has 3 rings (SSSR count). The number of hydrogen-bond donors (Lipinski definition) is 1. The fourth-order valence-electron chi connectivity index (χ4n) is 2.47. The lowest BCUT2D eigenvalue weighted by molar-refractivity contribution is 0.00977. The highest BCUT2D eigenvalue weighted by Gasteiger charge is 2.35. The number of aryl methyl sites for hydroxylation is 2. The predicted molar refractivity (Wildman–Crippen MR) is 73.8 cm³/mol. The van der Waals surface area contributed by atoms with Gasteiger partial charge in [-0.3, -0.25) is 0 Å². The van der Waals surface area contributed by atoms with E-state index < -0.39 is 0 Å². The molecule has 1 fully saturated rings. The molecule has 1 unspecified atom stereocenters. The number of ether oxygens (including phenoxy) is 1. The third-order valence-electron chi connectivity index (χ3n) is 3.75. The third-order valence-corrected chi connectivity index (χ3v) is 4.85. The Morgan fingerprint density at radius 2 is 2.11 bits per heavy atom. The number of thiophene rings is 1. The van der Waals surface area contributed by atoms with Gasteiger partial charge in [0.15, 0.2) is 5.82 Å². The molecule has 4 nitrogen and oxygen atoms in total. The van der Waals surface area contributed by atoms with Crippen LogP contribution in [0.15, 0.2) is 0 Å². The van der Waals surface area contributed by atoms with Crippen molar-refractivity contribution in [2.75, 3.05) is 12.3 Å². The van der Waals surface area contributed by atoms with E-state index in [1.807, 2.05) is 6.92 Å². The van der Waals surface area contributed by atoms with Gasteiger partial charge in [0.2, 0.25) is 0 Å². The SMILES string of the molecule is Cc1sc2nc(C3(C)CCCO3)nc(N)c2c1C. The van der Waals surface area contributed by atoms with Crippen molar-refractivity contribution >= 4 is 27.4 Å². The van der Waals surface area contributed by atoms with Crippen LogP contribution in [0.1, 0.15) is 36.0 Å². The van der Waals surface area contributed by atoms with Crippen LogP contribution in [-0.2, 0) is 10.3 Å². The van der Waals surface area contributed by atoms with E-state index in [1.54, 1.807) is 11.3 Å². The first kappa shape index (κ1) is 11.9. The number of anilines is 1. The van der Waals surface area contributed by atoms with Crippen LogP contribution in [0.4, 0.5) is 5.82 Å². The molecule has 0 amide bonds. The lowest BCUT2D eigenvalue weighted by Gasteiger charge is -2.21. The van der Waals surface area contributed by atoms with Crippen LogP contribution in [-0.4, -0.2) is 16.6 Å². The Morgan fingerprint density at radius 3 is 2.78 bits per heavy atom. The van der Waals surface area contributed by atoms with E-state index in [9.17, 15) is 0 Å². The summed E-state index contributed by atoms with van der Waals surface area (Å²) < 4.78 is 5.79. The monoisotopic (exact) mass is 263 g/mol. The molecule has 96 valence electrons. The van der Waals surface area contributed by atoms with Crippen LogP contribution < -0.4 is 5.73 Å². The molecule has 1 saturated heterocycles. The Kier molecular flexibility index (Phi) is 2.57. The average Bonchev–Trinajstić information content (AvgIpc) is 2.86. The smallest absolute Gasteiger partial charge is 0.163 e. The van der Waals surface area contributed by atoms with Crippen molar-refractivity contribution in [3.05, 3.63) is 16.3 Å². The average molecular weight is 263 g/mol. The second-order valence-electron chi connectivity index (χ2n) is 5.08. The lowest BCUT2D eigenvalue weighted by Crippen LogP contribution is -2.23. The quantitative estimate of drug-likeness (QED) is 0.859. The van der Waals surface area contributed by atoms with Gasteiger partial charge in [-0.15, -0.1) is 11.3 Å². The highest BCUT2D eigenvalue weighted by molar-refractivity contribution is 7.18. The zero-order valence-corrected chi connectivity index (χ0v) is 11.7. The van der Waals surface area contributed by atoms with E-state index in [2.05, 4.69) is 23.8 Å². The number of hydrogen-bond acceptors (Lipinski definition) is 5. The summed E-state index contributed by atoms with van der Waals surface area (Å²) in [6, 6.07) is 0. The van der Waals surface area contributed by atoms with E-state index in [0.29, 0.717) is 5.82 Å². The second kappa shape index (κ2) is 3.90. The van der Waals surface area contributed by atoms with E-state index in [-0.39, 0.29) is 5.60 Å². The van der Waals surface area contributed by atoms with Gasteiger partial charge in [-0.25, -0.2) is 9.97 Å². The minimum Gasteiger partial charge on any atom is -0.383 e. The first-order valence-corrected chi connectivity index (χ1v) is 7.00. The van der Waals surface area contributed by atoms with Crippen molar-refractivity contribution in [2.45, 2.75) is 39.2 Å². The number of nitrogens with two attached hydrogens (primary N) is 1. The first-order chi connectivity index (χ1) is 8.51. The predicted octanol–water partition coefficient (Wildman–Crippen LogP) is 2.92. The van der Waals surface area contributed by atoms with Crippen molar-refractivity contribution in [2.24, 2.45) is 0 Å². The fraction of sp³-hybridized carbons (Fsp3) is 0.538. The van der Waals surface area contributed by atoms with Crippen LogP contribution in [0.2, 0.25) is 0 Å². The molecule has 3 heterocycles. The Hall–Kier alpha value is -1.20. The molecule has 2 aromatic rings. The van der Waals surface area contributed by atoms with Gasteiger partial charge in [-0.1, -0.05) is 0 Å². The standard InChI is InChI=1S/C13H17N3OS/c1-7-8(2)18-11-9(7)10(14)15-12(16-11)13(3)5-4-6-17-13/h4-6H2,1-3H3,(H2,14,15,16). The Labute approximate surface area is 110 Å². The fourth-order valence-corrected chi connectivity index (χ4v) is 3.51. The summed E-state index contributed by atoms with van der Waals surface area (Å²) in [5.74, 6) is 1.31. The summed E-state index contributed by atoms with van der Waals surface area (Å²) in [4.78, 5) is 11.4. The third kappa shape index (κ3) is 1.61. The van der Waals surface area contributed by atoms with Gasteiger partial charge in [0.05, 0.1) is 5.39 Å². The first-order valence-electron chi connectivity index (χ1n) is 6.19. The molecule has 0 aliphatic carbocycles. The zero-order valence-electron chi connectivity index (χ0n) is 10.9. The molecule has 1 aliphatic heterocycles. The maximum Gasteiger partial charge on any atom is 0.163 e. The van der Waals surface area contributed by atoms with Gasteiger partial charge in [0.1, 0.15) is 16.2 Å². The zero-order chi connectivity index (χ0) is 12.9. The van der Waals surface area contributed by atoms with Gasteiger partial charge < -0.3 is 10.5 Å². The van der Waals surface area contributed by atoms with Gasteiger partial charge in [0.25, 0.3) is 0 Å². The van der Waals surface area contributed by atoms with Gasteiger partial charge in [-0.05, 0) is 39.2 Å². The maximum absolute atomic E-state index is 6.10. The molecule has 2 N–H and O–H groups in total. The molecule has 0 saturated carbocycles.